The monoisotopic (exact) mass is 355 g/mol. The van der Waals surface area contributed by atoms with E-state index in [1.807, 2.05) is 0 Å². The molecular weight excluding hydrogens is 338 g/mol. The fourth-order valence-electron chi connectivity index (χ4n) is 2.32. The van der Waals surface area contributed by atoms with Crippen molar-refractivity contribution in [3.05, 3.63) is 48.4 Å². The van der Waals surface area contributed by atoms with Gasteiger partial charge in [-0.1, -0.05) is 0 Å². The molecule has 3 N–H and O–H groups in total. The van der Waals surface area contributed by atoms with Crippen LogP contribution in [0.5, 0.6) is 11.8 Å². The van der Waals surface area contributed by atoms with E-state index in [-0.39, 0.29) is 24.9 Å². The summed E-state index contributed by atoms with van der Waals surface area (Å²) in [5.74, 6) is 0.343. The average Bonchev–Trinajstić information content (AvgIpc) is 3.07. The Balaban J connectivity index is 1.86. The van der Waals surface area contributed by atoms with Crippen LogP contribution in [0.15, 0.2) is 42.9 Å². The highest BCUT2D eigenvalue weighted by atomic mass is 16.5. The number of nitrogens with one attached hydrogen (secondary N) is 1. The third-order valence-electron chi connectivity index (χ3n) is 3.62. The van der Waals surface area contributed by atoms with Crippen LogP contribution in [0.25, 0.3) is 16.9 Å². The molecule has 3 heterocycles. The Morgan fingerprint density at radius 1 is 1.27 bits per heavy atom. The summed E-state index contributed by atoms with van der Waals surface area (Å²) in [5, 5.41) is 25.9. The van der Waals surface area contributed by atoms with Gasteiger partial charge in [0.1, 0.15) is 0 Å². The molecule has 0 aliphatic rings. The first-order chi connectivity index (χ1) is 12.6. The van der Waals surface area contributed by atoms with Crippen LogP contribution >= 0.6 is 0 Å². The fourth-order valence-corrected chi connectivity index (χ4v) is 2.32. The van der Waals surface area contributed by atoms with Crippen LogP contribution < -0.4 is 10.1 Å². The molecule has 0 atom stereocenters. The quantitative estimate of drug-likeness (QED) is 0.597. The van der Waals surface area contributed by atoms with Gasteiger partial charge in [0, 0.05) is 25.0 Å². The van der Waals surface area contributed by atoms with E-state index >= 15 is 0 Å². The second-order valence-electron chi connectivity index (χ2n) is 5.27. The third-order valence-corrected chi connectivity index (χ3v) is 3.62. The van der Waals surface area contributed by atoms with E-state index in [2.05, 4.69) is 20.4 Å². The second-order valence-corrected chi connectivity index (χ2v) is 5.27. The van der Waals surface area contributed by atoms with Gasteiger partial charge in [0.15, 0.2) is 5.82 Å². The van der Waals surface area contributed by atoms with E-state index in [4.69, 9.17) is 9.84 Å². The van der Waals surface area contributed by atoms with Gasteiger partial charge in [-0.3, -0.25) is 4.79 Å². The molecule has 3 rings (SSSR count). The lowest BCUT2D eigenvalue weighted by atomic mass is 10.1. The van der Waals surface area contributed by atoms with Crippen LogP contribution in [-0.4, -0.2) is 56.1 Å². The molecule has 0 aliphatic carbocycles. The number of hydrogen-bond acceptors (Lipinski definition) is 7. The number of aromatic hydroxyl groups is 1. The molecule has 3 aromatic rings. The Morgan fingerprint density at radius 2 is 2.12 bits per heavy atom. The first-order valence-electron chi connectivity index (χ1n) is 7.77. The zero-order chi connectivity index (χ0) is 18.5. The van der Waals surface area contributed by atoms with Gasteiger partial charge in [-0.15, -0.1) is 0 Å². The Labute approximate surface area is 148 Å². The minimum Gasteiger partial charge on any atom is -0.493 e. The topological polar surface area (TPSA) is 122 Å². The lowest BCUT2D eigenvalue weighted by Gasteiger charge is -2.06. The summed E-state index contributed by atoms with van der Waals surface area (Å²) < 4.78 is 6.35. The molecule has 0 radical (unpaired) electrons. The van der Waals surface area contributed by atoms with E-state index in [1.54, 1.807) is 30.5 Å². The van der Waals surface area contributed by atoms with Gasteiger partial charge in [-0.05, 0) is 23.8 Å². The largest absolute Gasteiger partial charge is 0.493 e. The maximum atomic E-state index is 11.8. The molecule has 0 aliphatic heterocycles. The van der Waals surface area contributed by atoms with Crippen molar-refractivity contribution in [1.29, 1.82) is 0 Å². The number of aliphatic hydroxyl groups is 1. The molecule has 9 heteroatoms. The molecule has 0 spiro atoms. The molecule has 1 amide bonds. The van der Waals surface area contributed by atoms with Crippen LogP contribution in [-0.2, 0) is 0 Å². The fraction of sp³-hybridized carbons (Fsp3) is 0.176. The number of rotatable bonds is 6. The van der Waals surface area contributed by atoms with E-state index < -0.39 is 0 Å². The maximum absolute atomic E-state index is 11.8. The van der Waals surface area contributed by atoms with E-state index in [0.29, 0.717) is 28.4 Å². The lowest BCUT2D eigenvalue weighted by Crippen LogP contribution is -2.26. The van der Waals surface area contributed by atoms with E-state index in [9.17, 15) is 9.90 Å². The summed E-state index contributed by atoms with van der Waals surface area (Å²) in [6.45, 7) is 0.0280. The van der Waals surface area contributed by atoms with Crippen molar-refractivity contribution in [3.8, 4) is 28.7 Å². The highest BCUT2D eigenvalue weighted by Crippen LogP contribution is 2.31. The van der Waals surface area contributed by atoms with Crippen LogP contribution in [0.2, 0.25) is 0 Å². The molecule has 0 saturated carbocycles. The molecule has 0 aromatic carbocycles. The third kappa shape index (κ3) is 3.47. The van der Waals surface area contributed by atoms with Crippen LogP contribution in [0.1, 0.15) is 10.4 Å². The summed E-state index contributed by atoms with van der Waals surface area (Å²) in [7, 11) is 1.51. The molecule has 0 fully saturated rings. The normalized spacial score (nSPS) is 10.5. The molecule has 9 nitrogen and oxygen atoms in total. The van der Waals surface area contributed by atoms with E-state index in [0.717, 1.165) is 0 Å². The van der Waals surface area contributed by atoms with Crippen LogP contribution in [0.4, 0.5) is 0 Å². The minimum atomic E-state index is -0.340. The van der Waals surface area contributed by atoms with Crippen molar-refractivity contribution in [2.45, 2.75) is 0 Å². The highest BCUT2D eigenvalue weighted by Gasteiger charge is 2.15. The van der Waals surface area contributed by atoms with Crippen LogP contribution in [0.3, 0.4) is 0 Å². The van der Waals surface area contributed by atoms with Gasteiger partial charge >= 0.3 is 0 Å². The van der Waals surface area contributed by atoms with E-state index in [1.165, 1.54) is 24.2 Å². The summed E-state index contributed by atoms with van der Waals surface area (Å²) in [4.78, 5) is 20.0. The number of hydrogen-bond donors (Lipinski definition) is 3. The number of aromatic nitrogens is 4. The average molecular weight is 355 g/mol. The summed E-state index contributed by atoms with van der Waals surface area (Å²) in [6, 6.07) is 6.54. The van der Waals surface area contributed by atoms with Gasteiger partial charge < -0.3 is 20.3 Å². The summed E-state index contributed by atoms with van der Waals surface area (Å²) >= 11 is 0. The first-order valence-corrected chi connectivity index (χ1v) is 7.77. The first kappa shape index (κ1) is 17.4. The number of carbonyl (C=O) groups excluding carboxylic acids is 1. The van der Waals surface area contributed by atoms with Crippen molar-refractivity contribution in [3.63, 3.8) is 0 Å². The predicted octanol–water partition coefficient (Wildman–Crippen LogP) is 0.766. The number of carbonyl (C=O) groups is 1. The standard InChI is InChI=1S/C17H17N5O4/c1-26-15-8-11(4-5-18-15)13-10-21-22(17(13)25)14-3-2-12(9-20-14)16(24)19-6-7-23/h2-5,8-10,23,25H,6-7H2,1H3,(H,19,24). The number of amides is 1. The molecule has 134 valence electrons. The molecule has 0 saturated heterocycles. The lowest BCUT2D eigenvalue weighted by molar-refractivity contribution is 0.0944. The van der Waals surface area contributed by atoms with Crippen LogP contribution in [0, 0.1) is 0 Å². The predicted molar refractivity (Wildman–Crippen MR) is 92.2 cm³/mol. The maximum Gasteiger partial charge on any atom is 0.252 e. The number of pyridine rings is 2. The smallest absolute Gasteiger partial charge is 0.252 e. The summed E-state index contributed by atoms with van der Waals surface area (Å²) in [5.41, 5.74) is 1.53. The molecule has 3 aromatic heterocycles. The number of nitrogens with zero attached hydrogens (tertiary/aromatic N) is 4. The molecule has 26 heavy (non-hydrogen) atoms. The highest BCUT2D eigenvalue weighted by molar-refractivity contribution is 5.93. The Kier molecular flexibility index (Phi) is 5.09. The van der Waals surface area contributed by atoms with Crippen molar-refractivity contribution in [1.82, 2.24) is 25.1 Å². The van der Waals surface area contributed by atoms with Crippen molar-refractivity contribution < 1.29 is 19.7 Å². The Bertz CT molecular complexity index is 908. The molecule has 0 bridgehead atoms. The van der Waals surface area contributed by atoms with Crippen molar-refractivity contribution >= 4 is 5.91 Å². The minimum absolute atomic E-state index is 0.0942. The SMILES string of the molecule is COc1cc(-c2cnn(-c3ccc(C(=O)NCCO)cn3)c2O)ccn1. The zero-order valence-electron chi connectivity index (χ0n) is 14.0. The molecular formula is C17H17N5O4. The molecule has 0 unspecified atom stereocenters. The zero-order valence-corrected chi connectivity index (χ0v) is 14.0. The second kappa shape index (κ2) is 7.62. The van der Waals surface area contributed by atoms with Gasteiger partial charge in [0.2, 0.25) is 11.8 Å². The Morgan fingerprint density at radius 3 is 2.81 bits per heavy atom. The summed E-state index contributed by atoms with van der Waals surface area (Å²) in [6.07, 6.45) is 4.45. The Hall–Kier alpha value is -3.46. The van der Waals surface area contributed by atoms with Gasteiger partial charge in [-0.2, -0.15) is 9.78 Å². The number of methoxy groups -OCH3 is 1. The van der Waals surface area contributed by atoms with Gasteiger partial charge in [-0.25, -0.2) is 9.97 Å². The van der Waals surface area contributed by atoms with Crippen molar-refractivity contribution in [2.24, 2.45) is 0 Å². The van der Waals surface area contributed by atoms with Gasteiger partial charge in [0.25, 0.3) is 5.91 Å². The number of aliphatic hydroxyl groups excluding tert-OH is 1. The van der Waals surface area contributed by atoms with Crippen molar-refractivity contribution in [2.75, 3.05) is 20.3 Å². The number of ether oxygens (including phenoxy) is 1. The van der Waals surface area contributed by atoms with Gasteiger partial charge in [0.05, 0.1) is 31.0 Å².